The molecule has 1 aromatic heterocycles. The number of hydrogen-bond donors (Lipinski definition) is 3. The fraction of sp³-hybridized carbons (Fsp3) is 0.0952. The fourth-order valence-electron chi connectivity index (χ4n) is 2.74. The molecule has 0 aliphatic heterocycles. The molecule has 0 atom stereocenters. The van der Waals surface area contributed by atoms with Gasteiger partial charge in [-0.3, -0.25) is 24.7 Å². The number of methoxy groups -OCH3 is 1. The number of aromatic amines is 2. The number of anilines is 1. The van der Waals surface area contributed by atoms with Crippen LogP contribution in [0.3, 0.4) is 0 Å². The van der Waals surface area contributed by atoms with Crippen molar-refractivity contribution < 1.29 is 19.2 Å². The average molecular weight is 438 g/mol. The highest BCUT2D eigenvalue weighted by atomic mass is 16.6. The van der Waals surface area contributed by atoms with Crippen LogP contribution in [0.1, 0.15) is 11.3 Å². The maximum atomic E-state index is 12.1. The van der Waals surface area contributed by atoms with Gasteiger partial charge in [0.15, 0.2) is 6.61 Å². The number of carbonyl (C=O) groups is 1. The van der Waals surface area contributed by atoms with Crippen molar-refractivity contribution in [3.05, 3.63) is 90.7 Å². The van der Waals surface area contributed by atoms with Crippen LogP contribution in [0.15, 0.2) is 58.1 Å². The molecular weight excluding hydrogens is 420 g/mol. The molecule has 3 rings (SSSR count). The first-order valence-corrected chi connectivity index (χ1v) is 9.22. The van der Waals surface area contributed by atoms with Gasteiger partial charge in [0.25, 0.3) is 5.91 Å². The molecule has 0 spiro atoms. The summed E-state index contributed by atoms with van der Waals surface area (Å²) in [7, 11) is 1.50. The molecule has 0 aliphatic carbocycles. The van der Waals surface area contributed by atoms with Crippen LogP contribution in [0, 0.1) is 10.1 Å². The van der Waals surface area contributed by atoms with Crippen LogP contribution in [0.25, 0.3) is 12.2 Å². The van der Waals surface area contributed by atoms with Gasteiger partial charge in [0.05, 0.1) is 17.7 Å². The van der Waals surface area contributed by atoms with Gasteiger partial charge < -0.3 is 19.8 Å². The Bertz CT molecular complexity index is 1280. The number of ether oxygens (including phenoxy) is 2. The molecule has 0 saturated heterocycles. The first-order chi connectivity index (χ1) is 15.4. The molecule has 0 radical (unpaired) electrons. The van der Waals surface area contributed by atoms with Crippen LogP contribution in [0.2, 0.25) is 0 Å². The van der Waals surface area contributed by atoms with Crippen LogP contribution >= 0.6 is 0 Å². The number of nitro groups is 1. The minimum absolute atomic E-state index is 0.225. The Balaban J connectivity index is 1.63. The van der Waals surface area contributed by atoms with Crippen molar-refractivity contribution in [2.24, 2.45) is 0 Å². The minimum atomic E-state index is -1.09. The first kappa shape index (κ1) is 22.0. The largest absolute Gasteiger partial charge is 0.495 e. The second-order valence-corrected chi connectivity index (χ2v) is 6.37. The summed E-state index contributed by atoms with van der Waals surface area (Å²) in [5, 5.41) is 13.8. The number of hydrogen-bond acceptors (Lipinski definition) is 7. The maximum Gasteiger partial charge on any atom is 0.357 e. The quantitative estimate of drug-likeness (QED) is 0.359. The number of amides is 1. The van der Waals surface area contributed by atoms with Gasteiger partial charge in [0.2, 0.25) is 0 Å². The zero-order valence-corrected chi connectivity index (χ0v) is 16.8. The third kappa shape index (κ3) is 5.48. The highest BCUT2D eigenvalue weighted by Crippen LogP contribution is 2.23. The summed E-state index contributed by atoms with van der Waals surface area (Å²) >= 11 is 0. The molecule has 0 bridgehead atoms. The summed E-state index contributed by atoms with van der Waals surface area (Å²) < 4.78 is 10.6. The Morgan fingerprint density at radius 3 is 2.50 bits per heavy atom. The standard InChI is InChI=1S/C21H18N4O7/c1-31-17-5-3-2-4-15(17)22-18(26)12-32-14-9-6-13(7-10-14)8-11-16-19(25(29)30)20(27)24-21(28)23-16/h2-11H,12H2,1H3,(H,22,26)(H2,23,24,27,28). The minimum Gasteiger partial charge on any atom is -0.495 e. The van der Waals surface area contributed by atoms with E-state index in [9.17, 15) is 24.5 Å². The molecule has 0 unspecified atom stereocenters. The Morgan fingerprint density at radius 1 is 1.09 bits per heavy atom. The second kappa shape index (κ2) is 9.89. The number of nitrogens with zero attached hydrogens (tertiary/aromatic N) is 1. The van der Waals surface area contributed by atoms with E-state index in [0.717, 1.165) is 0 Å². The van der Waals surface area contributed by atoms with Crippen molar-refractivity contribution in [1.29, 1.82) is 0 Å². The van der Waals surface area contributed by atoms with E-state index in [2.05, 4.69) is 10.3 Å². The maximum absolute atomic E-state index is 12.1. The molecule has 0 fully saturated rings. The van der Waals surface area contributed by atoms with Gasteiger partial charge in [-0.15, -0.1) is 0 Å². The van der Waals surface area contributed by atoms with Crippen LogP contribution in [-0.4, -0.2) is 34.5 Å². The van der Waals surface area contributed by atoms with Gasteiger partial charge in [-0.05, 0) is 35.9 Å². The monoisotopic (exact) mass is 438 g/mol. The van der Waals surface area contributed by atoms with Gasteiger partial charge in [-0.2, -0.15) is 0 Å². The average Bonchev–Trinajstić information content (AvgIpc) is 2.76. The molecule has 164 valence electrons. The van der Waals surface area contributed by atoms with Crippen molar-refractivity contribution in [3.8, 4) is 11.5 Å². The van der Waals surface area contributed by atoms with E-state index in [1.54, 1.807) is 48.5 Å². The number of carbonyl (C=O) groups excluding carboxylic acids is 1. The van der Waals surface area contributed by atoms with Crippen molar-refractivity contribution in [3.63, 3.8) is 0 Å². The zero-order valence-electron chi connectivity index (χ0n) is 16.8. The first-order valence-electron chi connectivity index (χ1n) is 9.22. The van der Waals surface area contributed by atoms with Gasteiger partial charge >= 0.3 is 16.9 Å². The predicted octanol–water partition coefficient (Wildman–Crippen LogP) is 2.17. The van der Waals surface area contributed by atoms with Crippen molar-refractivity contribution >= 4 is 29.4 Å². The molecule has 3 N–H and O–H groups in total. The van der Waals surface area contributed by atoms with Crippen LogP contribution in [0.5, 0.6) is 11.5 Å². The van der Waals surface area contributed by atoms with Crippen LogP contribution in [-0.2, 0) is 4.79 Å². The molecule has 1 heterocycles. The number of para-hydroxylation sites is 2. The van der Waals surface area contributed by atoms with Gasteiger partial charge in [0.1, 0.15) is 17.2 Å². The summed E-state index contributed by atoms with van der Waals surface area (Å²) in [5.74, 6) is 0.580. The summed E-state index contributed by atoms with van der Waals surface area (Å²) in [5.41, 5.74) is -1.79. The SMILES string of the molecule is COc1ccccc1NC(=O)COc1ccc(C=Cc2[nH]c(=O)[nH]c(=O)c2[N+](=O)[O-])cc1. The van der Waals surface area contributed by atoms with E-state index in [1.807, 2.05) is 4.98 Å². The normalized spacial score (nSPS) is 10.7. The molecule has 32 heavy (non-hydrogen) atoms. The molecule has 0 aliphatic rings. The second-order valence-electron chi connectivity index (χ2n) is 6.37. The smallest absolute Gasteiger partial charge is 0.357 e. The van der Waals surface area contributed by atoms with E-state index < -0.39 is 21.9 Å². The van der Waals surface area contributed by atoms with E-state index in [-0.39, 0.29) is 18.2 Å². The van der Waals surface area contributed by atoms with Crippen LogP contribution in [0.4, 0.5) is 11.4 Å². The molecule has 0 saturated carbocycles. The number of benzene rings is 2. The molecular formula is C21H18N4O7. The van der Waals surface area contributed by atoms with E-state index in [1.165, 1.54) is 19.3 Å². The summed E-state index contributed by atoms with van der Waals surface area (Å²) in [4.78, 5) is 49.4. The van der Waals surface area contributed by atoms with Gasteiger partial charge in [0, 0.05) is 0 Å². The Kier molecular flexibility index (Phi) is 6.81. The molecule has 11 nitrogen and oxygen atoms in total. The van der Waals surface area contributed by atoms with Gasteiger partial charge in [-0.25, -0.2) is 4.79 Å². The Hall–Kier alpha value is -4.67. The fourth-order valence-corrected chi connectivity index (χ4v) is 2.74. The molecule has 2 aromatic carbocycles. The van der Waals surface area contributed by atoms with E-state index >= 15 is 0 Å². The van der Waals surface area contributed by atoms with Crippen molar-refractivity contribution in [2.45, 2.75) is 0 Å². The van der Waals surface area contributed by atoms with E-state index in [0.29, 0.717) is 22.7 Å². The summed E-state index contributed by atoms with van der Waals surface area (Å²) in [6, 6.07) is 13.5. The lowest BCUT2D eigenvalue weighted by Crippen LogP contribution is -2.25. The molecule has 3 aromatic rings. The molecule has 11 heteroatoms. The predicted molar refractivity (Wildman–Crippen MR) is 117 cm³/mol. The highest BCUT2D eigenvalue weighted by molar-refractivity contribution is 5.93. The Morgan fingerprint density at radius 2 is 1.81 bits per heavy atom. The third-order valence-electron chi connectivity index (χ3n) is 4.20. The summed E-state index contributed by atoms with van der Waals surface area (Å²) in [6.07, 6.45) is 2.74. The number of aromatic nitrogens is 2. The third-order valence-corrected chi connectivity index (χ3v) is 4.20. The number of nitrogens with one attached hydrogen (secondary N) is 3. The number of rotatable bonds is 8. The van der Waals surface area contributed by atoms with Gasteiger partial charge in [-0.1, -0.05) is 30.3 Å². The van der Waals surface area contributed by atoms with Crippen LogP contribution < -0.4 is 26.0 Å². The Labute approximate surface area is 180 Å². The van der Waals surface area contributed by atoms with Crippen molar-refractivity contribution in [1.82, 2.24) is 9.97 Å². The zero-order chi connectivity index (χ0) is 23.1. The topological polar surface area (TPSA) is 156 Å². The summed E-state index contributed by atoms with van der Waals surface area (Å²) in [6.45, 7) is -0.229. The lowest BCUT2D eigenvalue weighted by atomic mass is 10.2. The highest BCUT2D eigenvalue weighted by Gasteiger charge is 2.18. The van der Waals surface area contributed by atoms with E-state index in [4.69, 9.17) is 9.47 Å². The van der Waals surface area contributed by atoms with Crippen molar-refractivity contribution in [2.75, 3.05) is 19.0 Å². The molecule has 1 amide bonds. The lowest BCUT2D eigenvalue weighted by Gasteiger charge is -2.10. The number of H-pyrrole nitrogens is 2. The lowest BCUT2D eigenvalue weighted by molar-refractivity contribution is -0.386.